The smallest absolute Gasteiger partial charge is 0.315 e. The minimum Gasteiger partial charge on any atom is -0.481 e. The van der Waals surface area contributed by atoms with E-state index in [1.165, 1.54) is 0 Å². The van der Waals surface area contributed by atoms with Gasteiger partial charge >= 0.3 is 11.9 Å². The van der Waals surface area contributed by atoms with Crippen LogP contribution in [0.15, 0.2) is 84.5 Å². The van der Waals surface area contributed by atoms with Crippen LogP contribution in [0.5, 0.6) is 0 Å². The summed E-state index contributed by atoms with van der Waals surface area (Å²) >= 11 is 0. The highest BCUT2D eigenvalue weighted by atomic mass is 16.6. The Labute approximate surface area is 207 Å². The van der Waals surface area contributed by atoms with Crippen molar-refractivity contribution in [2.45, 2.75) is 52.4 Å². The minimum atomic E-state index is -1.62. The van der Waals surface area contributed by atoms with E-state index in [1.807, 2.05) is 92.7 Å². The number of hydrogen-bond acceptors (Lipinski definition) is 5. The van der Waals surface area contributed by atoms with Crippen LogP contribution >= 0.6 is 0 Å². The van der Waals surface area contributed by atoms with Crippen LogP contribution in [0.4, 0.5) is 0 Å². The number of aryl methyl sites for hydroxylation is 1. The Balaban J connectivity index is 2.14. The summed E-state index contributed by atoms with van der Waals surface area (Å²) in [5.41, 5.74) is 2.67. The number of ether oxygens (including phenoxy) is 2. The number of carboxylic acids is 1. The average molecular weight is 481 g/mol. The van der Waals surface area contributed by atoms with E-state index in [4.69, 9.17) is 9.47 Å². The zero-order chi connectivity index (χ0) is 25.5. The zero-order valence-electron chi connectivity index (χ0n) is 20.5. The molecule has 0 bridgehead atoms. The third-order valence-electron chi connectivity index (χ3n) is 5.74. The van der Waals surface area contributed by atoms with E-state index in [2.05, 4.69) is 0 Å². The van der Waals surface area contributed by atoms with E-state index in [0.717, 1.165) is 23.1 Å². The van der Waals surface area contributed by atoms with Gasteiger partial charge in [0.15, 0.2) is 6.29 Å². The number of aliphatic carboxylic acids is 1. The third-order valence-corrected chi connectivity index (χ3v) is 5.74. The van der Waals surface area contributed by atoms with Crippen molar-refractivity contribution in [3.8, 4) is 0 Å². The summed E-state index contributed by atoms with van der Waals surface area (Å²) in [6, 6.07) is 18.8. The number of carbonyl (C=O) groups excluding carboxylic acids is 1. The highest BCUT2D eigenvalue weighted by Gasteiger charge is 2.40. The lowest BCUT2D eigenvalue weighted by molar-refractivity contribution is -0.187. The Bertz CT molecular complexity index is 952. The Morgan fingerprint density at radius 3 is 2.20 bits per heavy atom. The molecular weight excluding hydrogens is 444 g/mol. The van der Waals surface area contributed by atoms with Crippen LogP contribution in [0.2, 0.25) is 0 Å². The molecule has 2 aromatic rings. The summed E-state index contributed by atoms with van der Waals surface area (Å²) < 4.78 is 11.0. The number of aliphatic hydroxyl groups excluding tert-OH is 1. The highest BCUT2D eigenvalue weighted by Crippen LogP contribution is 2.26. The molecule has 6 heteroatoms. The molecule has 0 aliphatic carbocycles. The Morgan fingerprint density at radius 2 is 1.63 bits per heavy atom. The summed E-state index contributed by atoms with van der Waals surface area (Å²) in [5, 5.41) is 20.8. The first kappa shape index (κ1) is 28.0. The molecule has 3 unspecified atom stereocenters. The van der Waals surface area contributed by atoms with Gasteiger partial charge in [0.05, 0.1) is 12.5 Å². The molecule has 3 atom stereocenters. The van der Waals surface area contributed by atoms with E-state index < -0.39 is 30.1 Å². The van der Waals surface area contributed by atoms with Crippen molar-refractivity contribution in [3.05, 3.63) is 95.6 Å². The predicted octanol–water partition coefficient (Wildman–Crippen LogP) is 5.32. The number of esters is 1. The van der Waals surface area contributed by atoms with Gasteiger partial charge in [-0.2, -0.15) is 0 Å². The average Bonchev–Trinajstić information content (AvgIpc) is 2.88. The number of aliphatic hydroxyl groups is 1. The maximum Gasteiger partial charge on any atom is 0.315 e. The van der Waals surface area contributed by atoms with Crippen molar-refractivity contribution in [3.63, 3.8) is 0 Å². The maximum atomic E-state index is 13.1. The molecule has 0 fully saturated rings. The van der Waals surface area contributed by atoms with Crippen LogP contribution in [-0.2, 0) is 32.1 Å². The van der Waals surface area contributed by atoms with Crippen LogP contribution in [0.25, 0.3) is 0 Å². The number of carboxylic acid groups (broad SMARTS) is 1. The Morgan fingerprint density at radius 1 is 1.00 bits per heavy atom. The van der Waals surface area contributed by atoms with Gasteiger partial charge in [-0.05, 0) is 49.3 Å². The van der Waals surface area contributed by atoms with Gasteiger partial charge in [0, 0.05) is 0 Å². The molecule has 6 nitrogen and oxygen atoms in total. The number of benzene rings is 2. The first-order valence-corrected chi connectivity index (χ1v) is 12.0. The number of rotatable bonds is 15. The van der Waals surface area contributed by atoms with Gasteiger partial charge in [-0.25, -0.2) is 0 Å². The second-order valence-electron chi connectivity index (χ2n) is 8.32. The molecule has 0 spiro atoms. The molecule has 188 valence electrons. The van der Waals surface area contributed by atoms with E-state index in [0.29, 0.717) is 12.8 Å². The normalized spacial score (nSPS) is 14.4. The summed E-state index contributed by atoms with van der Waals surface area (Å²) in [5.74, 6) is -4.48. The van der Waals surface area contributed by atoms with Gasteiger partial charge < -0.3 is 19.7 Å². The minimum absolute atomic E-state index is 0.0153. The van der Waals surface area contributed by atoms with Crippen LogP contribution in [0.1, 0.15) is 44.2 Å². The second-order valence-corrected chi connectivity index (χ2v) is 8.32. The summed E-state index contributed by atoms with van der Waals surface area (Å²) in [4.78, 5) is 25.3. The Hall–Kier alpha value is -3.22. The van der Waals surface area contributed by atoms with Gasteiger partial charge in [-0.1, -0.05) is 85.8 Å². The van der Waals surface area contributed by atoms with Gasteiger partial charge in [0.2, 0.25) is 0 Å². The summed E-state index contributed by atoms with van der Waals surface area (Å²) in [6.45, 7) is 3.89. The molecule has 2 N–H and O–H groups in total. The van der Waals surface area contributed by atoms with Gasteiger partial charge in [-0.3, -0.25) is 9.59 Å². The maximum absolute atomic E-state index is 13.1. The van der Waals surface area contributed by atoms with Crippen molar-refractivity contribution in [2.24, 2.45) is 11.8 Å². The molecule has 2 aromatic carbocycles. The van der Waals surface area contributed by atoms with Gasteiger partial charge in [0.1, 0.15) is 12.5 Å². The highest BCUT2D eigenvalue weighted by molar-refractivity contribution is 5.81. The standard InChI is InChI=1S/C29H36O6/c1-3-5-13-22(4-2)20-34-28(32)26(29(33)35-21-24-16-10-7-11-17-24)25(27(30)31)19-12-18-23-14-8-6-9-15-23/h4-11,13-17,25-26,28,32H,3,12,18-21H2,1-2H3,(H,30,31)/b13-5-,22-4+. The van der Waals surface area contributed by atoms with Gasteiger partial charge in [0.25, 0.3) is 0 Å². The quantitative estimate of drug-likeness (QED) is 0.204. The molecule has 0 amide bonds. The number of allylic oxidation sites excluding steroid dienone is 2. The summed E-state index contributed by atoms with van der Waals surface area (Å²) in [6.07, 6.45) is 6.30. The molecule has 2 rings (SSSR count). The largest absolute Gasteiger partial charge is 0.481 e. The molecule has 0 aliphatic rings. The van der Waals surface area contributed by atoms with E-state index >= 15 is 0 Å². The lowest BCUT2D eigenvalue weighted by Gasteiger charge is -2.27. The van der Waals surface area contributed by atoms with Crippen LogP contribution in [0.3, 0.4) is 0 Å². The SMILES string of the molecule is C/C=C(\C=C/CC)COC(O)C(C(=O)OCc1ccccc1)C(CCCc1ccccc1)C(=O)O. The number of hydrogen-bond donors (Lipinski definition) is 2. The van der Waals surface area contributed by atoms with Crippen molar-refractivity contribution in [1.82, 2.24) is 0 Å². The Kier molecular flexibility index (Phi) is 12.5. The fraction of sp³-hybridized carbons (Fsp3) is 0.379. The van der Waals surface area contributed by atoms with E-state index in [9.17, 15) is 19.8 Å². The van der Waals surface area contributed by atoms with Crippen molar-refractivity contribution < 1.29 is 29.3 Å². The van der Waals surface area contributed by atoms with E-state index in [-0.39, 0.29) is 19.6 Å². The molecule has 0 aliphatic heterocycles. The topological polar surface area (TPSA) is 93.1 Å². The lowest BCUT2D eigenvalue weighted by Crippen LogP contribution is -2.41. The van der Waals surface area contributed by atoms with E-state index in [1.54, 1.807) is 0 Å². The first-order chi connectivity index (χ1) is 17.0. The monoisotopic (exact) mass is 480 g/mol. The first-order valence-electron chi connectivity index (χ1n) is 12.0. The molecule has 0 radical (unpaired) electrons. The van der Waals surface area contributed by atoms with Crippen LogP contribution in [-0.4, -0.2) is 35.0 Å². The second kappa shape index (κ2) is 15.6. The van der Waals surface area contributed by atoms with Crippen LogP contribution < -0.4 is 0 Å². The summed E-state index contributed by atoms with van der Waals surface area (Å²) in [7, 11) is 0. The van der Waals surface area contributed by atoms with Crippen molar-refractivity contribution in [2.75, 3.05) is 6.61 Å². The van der Waals surface area contributed by atoms with Crippen LogP contribution in [0, 0.1) is 11.8 Å². The fourth-order valence-electron chi connectivity index (χ4n) is 3.71. The lowest BCUT2D eigenvalue weighted by atomic mass is 9.86. The van der Waals surface area contributed by atoms with Crippen molar-refractivity contribution in [1.29, 1.82) is 0 Å². The van der Waals surface area contributed by atoms with Crippen molar-refractivity contribution >= 4 is 11.9 Å². The molecule has 35 heavy (non-hydrogen) atoms. The third kappa shape index (κ3) is 9.89. The molecule has 0 aromatic heterocycles. The fourth-order valence-corrected chi connectivity index (χ4v) is 3.71. The molecular formula is C29H36O6. The predicted molar refractivity (Wildman–Crippen MR) is 135 cm³/mol. The van der Waals surface area contributed by atoms with Gasteiger partial charge in [-0.15, -0.1) is 0 Å². The molecule has 0 saturated carbocycles. The molecule has 0 saturated heterocycles. The number of carbonyl (C=O) groups is 2. The molecule has 0 heterocycles. The zero-order valence-corrected chi connectivity index (χ0v) is 20.5.